The van der Waals surface area contributed by atoms with Crippen molar-refractivity contribution in [1.82, 2.24) is 14.8 Å². The van der Waals surface area contributed by atoms with Gasteiger partial charge in [-0.1, -0.05) is 43.6 Å². The molecule has 6 heteroatoms. The van der Waals surface area contributed by atoms with Crippen LogP contribution in [0.15, 0.2) is 67.1 Å². The highest BCUT2D eigenvalue weighted by molar-refractivity contribution is 6.31. The monoisotopic (exact) mass is 428 g/mol. The number of hydrogen-bond acceptors (Lipinski definition) is 3. The molecule has 0 radical (unpaired) electrons. The molecule has 4 aromatic rings. The molecule has 0 saturated heterocycles. The molecule has 2 heterocycles. The Labute approximate surface area is 185 Å². The lowest BCUT2D eigenvalue weighted by molar-refractivity contribution is -0.120. The van der Waals surface area contributed by atoms with Crippen molar-refractivity contribution >= 4 is 28.4 Å². The van der Waals surface area contributed by atoms with Gasteiger partial charge in [0.25, 0.3) is 0 Å². The van der Waals surface area contributed by atoms with Gasteiger partial charge in [-0.3, -0.25) is 9.78 Å². The third-order valence-electron chi connectivity index (χ3n) is 5.16. The van der Waals surface area contributed by atoms with Crippen molar-refractivity contribution in [2.24, 2.45) is 11.7 Å². The van der Waals surface area contributed by atoms with Crippen LogP contribution in [0.1, 0.15) is 30.9 Å². The van der Waals surface area contributed by atoms with E-state index < -0.39 is 0 Å². The summed E-state index contributed by atoms with van der Waals surface area (Å²) in [6.45, 7) is 3.96. The van der Waals surface area contributed by atoms with Crippen LogP contribution in [0.5, 0.6) is 0 Å². The van der Waals surface area contributed by atoms with E-state index in [2.05, 4.69) is 22.0 Å². The van der Waals surface area contributed by atoms with Crippen LogP contribution < -0.4 is 5.73 Å². The van der Waals surface area contributed by atoms with Crippen molar-refractivity contribution in [1.29, 1.82) is 0 Å². The smallest absolute Gasteiger partial charge is 0.225 e. The van der Waals surface area contributed by atoms with Gasteiger partial charge in [0.2, 0.25) is 5.91 Å². The summed E-state index contributed by atoms with van der Waals surface area (Å²) in [7, 11) is 0. The van der Waals surface area contributed by atoms with Crippen molar-refractivity contribution < 1.29 is 4.79 Å². The minimum absolute atomic E-state index is 0.0898. The van der Waals surface area contributed by atoms with Gasteiger partial charge in [0, 0.05) is 35.0 Å². The first-order chi connectivity index (χ1) is 14.9. The molecular formula is C25H21ClN4O. The highest BCUT2D eigenvalue weighted by atomic mass is 35.5. The van der Waals surface area contributed by atoms with Crippen LogP contribution in [-0.4, -0.2) is 20.7 Å². The van der Waals surface area contributed by atoms with Gasteiger partial charge < -0.3 is 5.73 Å². The summed E-state index contributed by atoms with van der Waals surface area (Å²) in [6, 6.07) is 18.5. The molecule has 2 aromatic heterocycles. The van der Waals surface area contributed by atoms with E-state index in [0.717, 1.165) is 33.2 Å². The van der Waals surface area contributed by atoms with Crippen LogP contribution in [0.4, 0.5) is 0 Å². The van der Waals surface area contributed by atoms with E-state index in [1.807, 2.05) is 62.4 Å². The summed E-state index contributed by atoms with van der Waals surface area (Å²) in [5.41, 5.74) is 9.98. The van der Waals surface area contributed by atoms with Gasteiger partial charge in [0.05, 0.1) is 22.7 Å². The standard InChI is InChI=1S/C25H21ClN4O/c1-16(2)24(25(27)31)21-12-19(13-28-14-21)18-7-8-23-20(11-18)15-29-30(23)10-9-17-5-3-4-6-22(17)26/h3-8,11-16,24H,1-2H3,(H2,27,31). The summed E-state index contributed by atoms with van der Waals surface area (Å²) >= 11 is 6.18. The maximum Gasteiger partial charge on any atom is 0.225 e. The van der Waals surface area contributed by atoms with Crippen LogP contribution in [0, 0.1) is 17.9 Å². The fourth-order valence-corrected chi connectivity index (χ4v) is 3.82. The summed E-state index contributed by atoms with van der Waals surface area (Å²) in [5.74, 6) is 2.43. The van der Waals surface area contributed by atoms with Crippen LogP contribution in [-0.2, 0) is 4.79 Å². The second-order valence-electron chi connectivity index (χ2n) is 7.68. The Morgan fingerprint density at radius 3 is 2.61 bits per heavy atom. The van der Waals surface area contributed by atoms with Crippen LogP contribution in [0.3, 0.4) is 0 Å². The van der Waals surface area contributed by atoms with Gasteiger partial charge >= 0.3 is 0 Å². The van der Waals surface area contributed by atoms with E-state index in [9.17, 15) is 4.79 Å². The van der Waals surface area contributed by atoms with E-state index in [1.54, 1.807) is 23.3 Å². The Bertz CT molecular complexity index is 1330. The number of nitrogens with zero attached hydrogens (tertiary/aromatic N) is 3. The molecule has 0 saturated carbocycles. The first kappa shape index (κ1) is 20.6. The van der Waals surface area contributed by atoms with Crippen molar-refractivity contribution in [2.45, 2.75) is 19.8 Å². The zero-order chi connectivity index (χ0) is 22.0. The molecule has 0 bridgehead atoms. The minimum Gasteiger partial charge on any atom is -0.369 e. The van der Waals surface area contributed by atoms with Gasteiger partial charge in [0.1, 0.15) is 0 Å². The third kappa shape index (κ3) is 4.30. The fraction of sp³-hybridized carbons (Fsp3) is 0.160. The second kappa shape index (κ2) is 8.63. The highest BCUT2D eigenvalue weighted by Crippen LogP contribution is 2.29. The van der Waals surface area contributed by atoms with E-state index in [4.69, 9.17) is 17.3 Å². The zero-order valence-electron chi connectivity index (χ0n) is 17.2. The number of primary amides is 1. The molecule has 0 spiro atoms. The van der Waals surface area contributed by atoms with Crippen molar-refractivity contribution in [3.63, 3.8) is 0 Å². The number of nitrogens with two attached hydrogens (primary N) is 1. The Morgan fingerprint density at radius 2 is 1.87 bits per heavy atom. The van der Waals surface area contributed by atoms with Crippen LogP contribution in [0.2, 0.25) is 5.02 Å². The number of fused-ring (bicyclic) bond motifs is 1. The highest BCUT2D eigenvalue weighted by Gasteiger charge is 2.22. The number of carbonyl (C=O) groups is 1. The average Bonchev–Trinajstić information content (AvgIpc) is 3.15. The number of hydrogen-bond donors (Lipinski definition) is 1. The number of carbonyl (C=O) groups excluding carboxylic acids is 1. The van der Waals surface area contributed by atoms with Gasteiger partial charge in [-0.25, -0.2) is 0 Å². The molecule has 0 aliphatic heterocycles. The van der Waals surface area contributed by atoms with Gasteiger partial charge in [-0.05, 0) is 53.3 Å². The molecule has 1 atom stereocenters. The molecule has 1 amide bonds. The van der Waals surface area contributed by atoms with E-state index in [0.29, 0.717) is 5.02 Å². The molecule has 2 N–H and O–H groups in total. The van der Waals surface area contributed by atoms with E-state index in [-0.39, 0.29) is 17.7 Å². The zero-order valence-corrected chi connectivity index (χ0v) is 18.0. The predicted molar refractivity (Wildman–Crippen MR) is 123 cm³/mol. The summed E-state index contributed by atoms with van der Waals surface area (Å²) in [4.78, 5) is 16.3. The third-order valence-corrected chi connectivity index (χ3v) is 5.49. The maximum absolute atomic E-state index is 11.9. The van der Waals surface area contributed by atoms with E-state index >= 15 is 0 Å². The van der Waals surface area contributed by atoms with Gasteiger partial charge in [0.15, 0.2) is 0 Å². The first-order valence-corrected chi connectivity index (χ1v) is 10.3. The minimum atomic E-state index is -0.376. The molecule has 0 aliphatic carbocycles. The topological polar surface area (TPSA) is 73.8 Å². The normalized spacial score (nSPS) is 11.9. The molecule has 0 fully saturated rings. The Morgan fingerprint density at radius 1 is 1.06 bits per heavy atom. The number of pyridine rings is 1. The fourth-order valence-electron chi connectivity index (χ4n) is 3.64. The quantitative estimate of drug-likeness (QED) is 0.473. The molecular weight excluding hydrogens is 408 g/mol. The molecule has 4 rings (SSSR count). The summed E-state index contributed by atoms with van der Waals surface area (Å²) in [6.07, 6.45) is 5.27. The number of benzene rings is 2. The van der Waals surface area contributed by atoms with E-state index in [1.165, 1.54) is 0 Å². The van der Waals surface area contributed by atoms with Crippen LogP contribution in [0.25, 0.3) is 22.0 Å². The Balaban J connectivity index is 1.69. The molecule has 31 heavy (non-hydrogen) atoms. The number of halogens is 1. The SMILES string of the molecule is CC(C)C(C(N)=O)c1cncc(-c2ccc3c(cnn3C#Cc3ccccc3Cl)c2)c1. The maximum atomic E-state index is 11.9. The van der Waals surface area contributed by atoms with Crippen molar-refractivity contribution in [2.75, 3.05) is 0 Å². The average molecular weight is 429 g/mol. The van der Waals surface area contributed by atoms with Gasteiger partial charge in [-0.15, -0.1) is 0 Å². The first-order valence-electron chi connectivity index (χ1n) is 9.93. The van der Waals surface area contributed by atoms with Crippen molar-refractivity contribution in [3.8, 4) is 23.1 Å². The lowest BCUT2D eigenvalue weighted by atomic mass is 9.87. The molecule has 0 aliphatic rings. The molecule has 2 aromatic carbocycles. The molecule has 5 nitrogen and oxygen atoms in total. The molecule has 1 unspecified atom stereocenters. The number of aromatic nitrogens is 3. The van der Waals surface area contributed by atoms with Crippen molar-refractivity contribution in [3.05, 3.63) is 83.3 Å². The second-order valence-corrected chi connectivity index (χ2v) is 8.08. The summed E-state index contributed by atoms with van der Waals surface area (Å²) < 4.78 is 1.64. The largest absolute Gasteiger partial charge is 0.369 e. The number of amides is 1. The predicted octanol–water partition coefficient (Wildman–Crippen LogP) is 4.83. The molecule has 154 valence electrons. The number of rotatable bonds is 4. The lowest BCUT2D eigenvalue weighted by Gasteiger charge is -2.18. The Kier molecular flexibility index (Phi) is 5.75. The summed E-state index contributed by atoms with van der Waals surface area (Å²) in [5, 5.41) is 5.95. The van der Waals surface area contributed by atoms with Crippen LogP contribution >= 0.6 is 11.6 Å². The Hall–Kier alpha value is -3.62. The van der Waals surface area contributed by atoms with Gasteiger partial charge in [-0.2, -0.15) is 9.78 Å². The lowest BCUT2D eigenvalue weighted by Crippen LogP contribution is -2.25.